The van der Waals surface area contributed by atoms with Crippen LogP contribution in [0.5, 0.6) is 0 Å². The largest absolute Gasteiger partial charge is 0.469 e. The van der Waals surface area contributed by atoms with Gasteiger partial charge in [-0.05, 0) is 49.0 Å². The third-order valence-corrected chi connectivity index (χ3v) is 9.70. The van der Waals surface area contributed by atoms with Crippen LogP contribution in [0.15, 0.2) is 46.3 Å². The standard InChI is InChI=1S/C22H27ClN4O12P2S/c1-22(2)38-16-14(10-36-40(29,30)31)37-20(17(16)39-22)27-18-15(25-21(27)23)19(28)26(11-24-18)12-34-8-9-35-41(32,33)42-13-6-4-3-5-7-13/h3-7,11,14,16-17,20H,8-10,12H2,1-2H3,(H,32,33)(H2,29,30,31)/t14-,16-,17-,20-/m1/s1. The zero-order chi connectivity index (χ0) is 30.3. The lowest BCUT2D eigenvalue weighted by molar-refractivity contribution is -0.199. The summed E-state index contributed by atoms with van der Waals surface area (Å²) < 4.78 is 58.9. The molecule has 0 spiro atoms. The number of hydrogen-bond acceptors (Lipinski definition) is 12. The van der Waals surface area contributed by atoms with Crippen LogP contribution in [-0.2, 0) is 43.9 Å². The van der Waals surface area contributed by atoms with Crippen molar-refractivity contribution in [3.05, 3.63) is 52.3 Å². The molecule has 1 unspecified atom stereocenters. The second-order valence-electron chi connectivity index (χ2n) is 9.60. The quantitative estimate of drug-likeness (QED) is 0.144. The van der Waals surface area contributed by atoms with E-state index >= 15 is 0 Å². The van der Waals surface area contributed by atoms with Gasteiger partial charge in [-0.15, -0.1) is 0 Å². The van der Waals surface area contributed by atoms with Crippen LogP contribution in [-0.4, -0.2) is 77.7 Å². The average molecular weight is 669 g/mol. The summed E-state index contributed by atoms with van der Waals surface area (Å²) in [6.07, 6.45) is -2.33. The van der Waals surface area contributed by atoms with E-state index < -0.39 is 57.1 Å². The van der Waals surface area contributed by atoms with E-state index in [2.05, 4.69) is 14.5 Å². The monoisotopic (exact) mass is 668 g/mol. The summed E-state index contributed by atoms with van der Waals surface area (Å²) in [6.45, 7) is -1.68. The summed E-state index contributed by atoms with van der Waals surface area (Å²) in [5, 5.41) is -0.148. The van der Waals surface area contributed by atoms with Gasteiger partial charge in [0.1, 0.15) is 31.4 Å². The van der Waals surface area contributed by atoms with E-state index in [0.29, 0.717) is 16.3 Å². The Hall–Kier alpha value is -1.69. The molecule has 2 aliphatic heterocycles. The number of ether oxygens (including phenoxy) is 4. The van der Waals surface area contributed by atoms with E-state index in [1.807, 2.05) is 0 Å². The second kappa shape index (κ2) is 12.4. The molecule has 20 heteroatoms. The molecule has 230 valence electrons. The van der Waals surface area contributed by atoms with Crippen LogP contribution in [0.1, 0.15) is 20.1 Å². The fourth-order valence-corrected chi connectivity index (χ4v) is 7.53. The van der Waals surface area contributed by atoms with Crippen LogP contribution in [0.25, 0.3) is 11.2 Å². The molecule has 0 amide bonds. The number of halogens is 1. The molecular weight excluding hydrogens is 642 g/mol. The minimum Gasteiger partial charge on any atom is -0.358 e. The van der Waals surface area contributed by atoms with Crippen LogP contribution in [0.3, 0.4) is 0 Å². The summed E-state index contributed by atoms with van der Waals surface area (Å²) >= 11 is 7.11. The maximum Gasteiger partial charge on any atom is 0.469 e. The molecule has 2 aromatic heterocycles. The van der Waals surface area contributed by atoms with Gasteiger partial charge in [0, 0.05) is 4.90 Å². The highest BCUT2D eigenvalue weighted by Gasteiger charge is 2.57. The van der Waals surface area contributed by atoms with Crippen LogP contribution in [0.2, 0.25) is 5.28 Å². The number of fused-ring (bicyclic) bond motifs is 2. The third-order valence-electron chi connectivity index (χ3n) is 6.09. The lowest BCUT2D eigenvalue weighted by atomic mass is 10.1. The summed E-state index contributed by atoms with van der Waals surface area (Å²) in [5.74, 6) is -1.05. The molecule has 0 radical (unpaired) electrons. The Labute approximate surface area is 247 Å². The van der Waals surface area contributed by atoms with Crippen molar-refractivity contribution in [1.29, 1.82) is 0 Å². The van der Waals surface area contributed by atoms with E-state index in [0.717, 1.165) is 4.57 Å². The van der Waals surface area contributed by atoms with Crippen LogP contribution in [0.4, 0.5) is 0 Å². The minimum absolute atomic E-state index is 0.0670. The number of phosphoric acid groups is 1. The number of phosphoric ester groups is 1. The van der Waals surface area contributed by atoms with Crippen LogP contribution >= 0.6 is 37.6 Å². The first kappa shape index (κ1) is 31.7. The van der Waals surface area contributed by atoms with Crippen molar-refractivity contribution < 1.29 is 51.8 Å². The van der Waals surface area contributed by atoms with Crippen molar-refractivity contribution in [1.82, 2.24) is 19.1 Å². The summed E-state index contributed by atoms with van der Waals surface area (Å²) in [6, 6.07) is 8.63. The lowest BCUT2D eigenvalue weighted by Crippen LogP contribution is -2.32. The van der Waals surface area contributed by atoms with Gasteiger partial charge >= 0.3 is 14.6 Å². The van der Waals surface area contributed by atoms with Gasteiger partial charge in [-0.3, -0.25) is 23.0 Å². The van der Waals surface area contributed by atoms with Gasteiger partial charge in [-0.2, -0.15) is 0 Å². The molecule has 2 aliphatic rings. The first-order valence-electron chi connectivity index (χ1n) is 12.4. The molecule has 0 aliphatic carbocycles. The van der Waals surface area contributed by atoms with Crippen molar-refractivity contribution in [2.24, 2.45) is 0 Å². The zero-order valence-electron chi connectivity index (χ0n) is 22.1. The fourth-order valence-electron chi connectivity index (χ4n) is 4.48. The van der Waals surface area contributed by atoms with Crippen molar-refractivity contribution in [3.63, 3.8) is 0 Å². The molecule has 3 aromatic rings. The van der Waals surface area contributed by atoms with Gasteiger partial charge in [0.2, 0.25) is 5.28 Å². The number of hydrogen-bond donors (Lipinski definition) is 3. The zero-order valence-corrected chi connectivity index (χ0v) is 25.4. The molecule has 2 fully saturated rings. The highest BCUT2D eigenvalue weighted by atomic mass is 35.5. The Kier molecular flexibility index (Phi) is 9.34. The minimum atomic E-state index is -4.79. The predicted molar refractivity (Wildman–Crippen MR) is 147 cm³/mol. The third kappa shape index (κ3) is 7.33. The first-order chi connectivity index (χ1) is 19.7. The first-order valence-corrected chi connectivity index (χ1v) is 17.3. The molecule has 3 N–H and O–H groups in total. The number of aromatic nitrogens is 4. The molecule has 16 nitrogen and oxygen atoms in total. The van der Waals surface area contributed by atoms with Gasteiger partial charge in [-0.25, -0.2) is 19.1 Å². The highest BCUT2D eigenvalue weighted by molar-refractivity contribution is 8.54. The smallest absolute Gasteiger partial charge is 0.358 e. The maximum absolute atomic E-state index is 13.1. The Bertz CT molecular complexity index is 1580. The number of imidazole rings is 1. The van der Waals surface area contributed by atoms with Crippen molar-refractivity contribution in [3.8, 4) is 0 Å². The lowest BCUT2D eigenvalue weighted by Gasteiger charge is -2.25. The van der Waals surface area contributed by atoms with E-state index in [4.69, 9.17) is 44.9 Å². The van der Waals surface area contributed by atoms with E-state index in [1.54, 1.807) is 44.2 Å². The average Bonchev–Trinajstić information content (AvgIpc) is 3.51. The Morgan fingerprint density at radius 1 is 1.10 bits per heavy atom. The van der Waals surface area contributed by atoms with Crippen molar-refractivity contribution in [2.45, 2.75) is 55.8 Å². The molecule has 5 rings (SSSR count). The molecular formula is C22H27ClN4O12P2S. The van der Waals surface area contributed by atoms with Gasteiger partial charge in [-0.1, -0.05) is 18.2 Å². The molecule has 4 heterocycles. The molecule has 42 heavy (non-hydrogen) atoms. The summed E-state index contributed by atoms with van der Waals surface area (Å²) in [5.41, 5.74) is -0.624. The van der Waals surface area contributed by atoms with Crippen LogP contribution in [0, 0.1) is 0 Å². The molecule has 2 saturated heterocycles. The van der Waals surface area contributed by atoms with E-state index in [-0.39, 0.29) is 36.4 Å². The Balaban J connectivity index is 1.25. The predicted octanol–water partition coefficient (Wildman–Crippen LogP) is 2.66. The van der Waals surface area contributed by atoms with E-state index in [9.17, 15) is 18.8 Å². The van der Waals surface area contributed by atoms with Gasteiger partial charge in [0.05, 0.1) is 19.8 Å². The van der Waals surface area contributed by atoms with E-state index in [1.165, 1.54) is 10.9 Å². The number of nitrogens with zero attached hydrogens (tertiary/aromatic N) is 4. The normalized spacial score (nSPS) is 25.1. The number of rotatable bonds is 12. The summed E-state index contributed by atoms with van der Waals surface area (Å²) in [4.78, 5) is 50.4. The maximum atomic E-state index is 13.1. The van der Waals surface area contributed by atoms with Crippen LogP contribution < -0.4 is 5.56 Å². The van der Waals surface area contributed by atoms with Gasteiger partial charge < -0.3 is 33.6 Å². The molecule has 0 bridgehead atoms. The summed E-state index contributed by atoms with van der Waals surface area (Å²) in [7, 11) is -4.79. The Morgan fingerprint density at radius 3 is 2.52 bits per heavy atom. The number of benzene rings is 1. The van der Waals surface area contributed by atoms with Gasteiger partial charge in [0.15, 0.2) is 23.2 Å². The van der Waals surface area contributed by atoms with Crippen molar-refractivity contribution in [2.75, 3.05) is 19.8 Å². The highest BCUT2D eigenvalue weighted by Crippen LogP contribution is 2.59. The SMILES string of the molecule is CC1(C)O[C@@H]2[C@H](O1)[C@@H](COP(=O)(O)O)O[C@H]2n1c(Cl)nc2c(=O)n(COCCOP(=O)(O)Sc3ccccc3)cnc21. The molecule has 5 atom stereocenters. The second-order valence-corrected chi connectivity index (χ2v) is 15.0. The van der Waals surface area contributed by atoms with Crippen molar-refractivity contribution >= 4 is 48.8 Å². The topological polar surface area (TPSA) is 203 Å². The Morgan fingerprint density at radius 2 is 1.81 bits per heavy atom. The molecule has 0 saturated carbocycles. The van der Waals surface area contributed by atoms with Gasteiger partial charge in [0.25, 0.3) is 5.56 Å². The molecule has 1 aromatic carbocycles. The fraction of sp³-hybridized carbons (Fsp3) is 0.500.